The van der Waals surface area contributed by atoms with Crippen molar-refractivity contribution < 1.29 is 9.59 Å². The quantitative estimate of drug-likeness (QED) is 0.601. The summed E-state index contributed by atoms with van der Waals surface area (Å²) in [7, 11) is 2.21. The van der Waals surface area contributed by atoms with Gasteiger partial charge >= 0.3 is 0 Å². The molecule has 4 nitrogen and oxygen atoms in total. The summed E-state index contributed by atoms with van der Waals surface area (Å²) in [6.45, 7) is 5.97. The van der Waals surface area contributed by atoms with Gasteiger partial charge in [-0.05, 0) is 112 Å². The number of hydrogen-bond donors (Lipinski definition) is 1. The first-order valence-electron chi connectivity index (χ1n) is 14.5. The number of amides is 1. The first-order valence-corrected chi connectivity index (χ1v) is 14.5. The zero-order chi connectivity index (χ0) is 23.5. The Morgan fingerprint density at radius 2 is 1.65 bits per heavy atom. The zero-order valence-electron chi connectivity index (χ0n) is 21.6. The van der Waals surface area contributed by atoms with Gasteiger partial charge in [-0.15, -0.1) is 0 Å². The van der Waals surface area contributed by atoms with Crippen LogP contribution in [0, 0.1) is 52.3 Å². The number of fused-ring (bicyclic) bond motifs is 5. The summed E-state index contributed by atoms with van der Waals surface area (Å²) in [5, 5.41) is 3.77. The molecule has 6 atom stereocenters. The van der Waals surface area contributed by atoms with Crippen LogP contribution in [0.1, 0.15) is 90.9 Å². The number of nitrogens with zero attached hydrogens (tertiary/aromatic N) is 1. The van der Waals surface area contributed by atoms with Crippen LogP contribution in [0.25, 0.3) is 0 Å². The van der Waals surface area contributed by atoms with Crippen LogP contribution in [-0.2, 0) is 9.59 Å². The molecule has 1 heterocycles. The minimum Gasteiger partial charge on any atom is -0.377 e. The molecule has 7 fully saturated rings. The van der Waals surface area contributed by atoms with Gasteiger partial charge in [-0.2, -0.15) is 0 Å². The van der Waals surface area contributed by atoms with Gasteiger partial charge in [0.25, 0.3) is 0 Å². The lowest BCUT2D eigenvalue weighted by molar-refractivity contribution is -0.139. The van der Waals surface area contributed by atoms with E-state index < -0.39 is 0 Å². The maximum absolute atomic E-state index is 14.0. The fourth-order valence-corrected chi connectivity index (χ4v) is 11.6. The summed E-state index contributed by atoms with van der Waals surface area (Å²) >= 11 is 0. The highest BCUT2D eigenvalue weighted by atomic mass is 16.2. The molecular formula is C30H44N2O2. The van der Waals surface area contributed by atoms with E-state index in [1.54, 1.807) is 0 Å². The Hall–Kier alpha value is -1.32. The second-order valence-corrected chi connectivity index (χ2v) is 14.5. The van der Waals surface area contributed by atoms with Crippen molar-refractivity contribution in [3.05, 3.63) is 11.8 Å². The lowest BCUT2D eigenvalue weighted by Gasteiger charge is -2.60. The summed E-state index contributed by atoms with van der Waals surface area (Å²) in [5.41, 5.74) is 1.69. The number of carbonyl (C=O) groups excluding carboxylic acids is 2. The molecule has 0 aromatic heterocycles. The molecule has 0 aromatic carbocycles. The van der Waals surface area contributed by atoms with E-state index in [1.165, 1.54) is 63.5 Å². The first kappa shape index (κ1) is 21.9. The van der Waals surface area contributed by atoms with E-state index in [2.05, 4.69) is 31.1 Å². The third kappa shape index (κ3) is 2.95. The van der Waals surface area contributed by atoms with E-state index in [0.717, 1.165) is 37.1 Å². The molecule has 1 N–H and O–H groups in total. The third-order valence-corrected chi connectivity index (χ3v) is 12.7. The predicted octanol–water partition coefficient (Wildman–Crippen LogP) is 5.33. The van der Waals surface area contributed by atoms with Crippen LogP contribution in [0.4, 0.5) is 0 Å². The SMILES string of the molecule is CN1C[C@@H]2[C@@H](CC[C@]3(C)C(C(=O)NC45CC6CC(CC(C6)C4)C5)CC[C@@H]23)[C@@]2(C)CCC(=O)C=C12. The van der Waals surface area contributed by atoms with E-state index in [1.807, 2.05) is 6.08 Å². The van der Waals surface area contributed by atoms with Gasteiger partial charge in [0.05, 0.1) is 0 Å². The van der Waals surface area contributed by atoms with E-state index >= 15 is 0 Å². The second kappa shape index (κ2) is 7.13. The fraction of sp³-hybridized carbons (Fsp3) is 0.867. The normalized spacial score (nSPS) is 53.1. The van der Waals surface area contributed by atoms with Crippen LogP contribution in [-0.4, -0.2) is 35.7 Å². The summed E-state index contributed by atoms with van der Waals surface area (Å²) in [5.74, 6) is 5.46. The molecule has 4 bridgehead atoms. The van der Waals surface area contributed by atoms with Gasteiger partial charge in [0, 0.05) is 48.7 Å². The zero-order valence-corrected chi connectivity index (χ0v) is 21.6. The van der Waals surface area contributed by atoms with Crippen molar-refractivity contribution in [2.45, 2.75) is 96.4 Å². The topological polar surface area (TPSA) is 49.4 Å². The van der Waals surface area contributed by atoms with Gasteiger partial charge in [0.15, 0.2) is 5.78 Å². The molecule has 1 saturated heterocycles. The molecule has 1 unspecified atom stereocenters. The number of allylic oxidation sites excluding steroid dienone is 2. The summed E-state index contributed by atoms with van der Waals surface area (Å²) in [4.78, 5) is 28.6. The predicted molar refractivity (Wildman–Crippen MR) is 133 cm³/mol. The average molecular weight is 465 g/mol. The lowest BCUT2D eigenvalue weighted by Crippen LogP contribution is -2.62. The summed E-state index contributed by atoms with van der Waals surface area (Å²) in [6.07, 6.45) is 16.4. The summed E-state index contributed by atoms with van der Waals surface area (Å²) < 4.78 is 0. The number of carbonyl (C=O) groups is 2. The van der Waals surface area contributed by atoms with Crippen LogP contribution >= 0.6 is 0 Å². The van der Waals surface area contributed by atoms with Crippen molar-refractivity contribution in [3.63, 3.8) is 0 Å². The second-order valence-electron chi connectivity index (χ2n) is 14.5. The Labute approximate surface area is 205 Å². The molecule has 0 radical (unpaired) electrons. The van der Waals surface area contributed by atoms with Crippen molar-refractivity contribution in [2.75, 3.05) is 13.6 Å². The number of hydrogen-bond acceptors (Lipinski definition) is 3. The number of ketones is 1. The highest BCUT2D eigenvalue weighted by molar-refractivity contribution is 5.91. The van der Waals surface area contributed by atoms with Gasteiger partial charge in [-0.25, -0.2) is 0 Å². The summed E-state index contributed by atoms with van der Waals surface area (Å²) in [6, 6.07) is 0. The maximum atomic E-state index is 14.0. The van der Waals surface area contributed by atoms with Crippen molar-refractivity contribution in [2.24, 2.45) is 52.3 Å². The van der Waals surface area contributed by atoms with Gasteiger partial charge in [0.1, 0.15) is 0 Å². The lowest BCUT2D eigenvalue weighted by atomic mass is 9.49. The molecule has 6 saturated carbocycles. The smallest absolute Gasteiger partial charge is 0.224 e. The largest absolute Gasteiger partial charge is 0.377 e. The molecule has 34 heavy (non-hydrogen) atoms. The molecule has 8 rings (SSSR count). The van der Waals surface area contributed by atoms with E-state index in [9.17, 15) is 9.59 Å². The number of likely N-dealkylation sites (tertiary alicyclic amines) is 1. The van der Waals surface area contributed by atoms with Gasteiger partial charge in [-0.1, -0.05) is 13.8 Å². The number of nitrogens with one attached hydrogen (secondary N) is 1. The maximum Gasteiger partial charge on any atom is 0.224 e. The highest BCUT2D eigenvalue weighted by Gasteiger charge is 2.62. The molecule has 1 amide bonds. The Kier molecular flexibility index (Phi) is 4.60. The van der Waals surface area contributed by atoms with Gasteiger partial charge < -0.3 is 10.2 Å². The van der Waals surface area contributed by atoms with E-state index in [4.69, 9.17) is 0 Å². The standard InChI is InChI=1S/C30H44N2O2/c1-28-9-7-24-22(17-32(3)26-13-21(33)6-8-29(24,26)2)23(28)4-5-25(28)27(34)31-30-14-18-10-19(15-30)12-20(11-18)16-30/h13,18-20,22-25H,4-12,14-17H2,1-3H3,(H,31,34)/t18?,19?,20?,22-,23-,24+,25?,28-,29+,30?/m0/s1. The van der Waals surface area contributed by atoms with Gasteiger partial charge in [-0.3, -0.25) is 9.59 Å². The molecule has 7 aliphatic carbocycles. The minimum atomic E-state index is 0.129. The van der Waals surface area contributed by atoms with Crippen LogP contribution in [0.15, 0.2) is 11.8 Å². The van der Waals surface area contributed by atoms with Crippen molar-refractivity contribution in [3.8, 4) is 0 Å². The van der Waals surface area contributed by atoms with Crippen LogP contribution in [0.3, 0.4) is 0 Å². The highest BCUT2D eigenvalue weighted by Crippen LogP contribution is 2.65. The molecule has 8 aliphatic rings. The van der Waals surface area contributed by atoms with Crippen molar-refractivity contribution in [1.29, 1.82) is 0 Å². The first-order chi connectivity index (χ1) is 16.2. The Morgan fingerprint density at radius 1 is 0.971 bits per heavy atom. The molecule has 0 aromatic rings. The Balaban J connectivity index is 1.12. The molecule has 1 aliphatic heterocycles. The fourth-order valence-electron chi connectivity index (χ4n) is 11.6. The molecule has 0 spiro atoms. The van der Waals surface area contributed by atoms with Crippen molar-refractivity contribution in [1.82, 2.24) is 10.2 Å². The van der Waals surface area contributed by atoms with Crippen LogP contribution < -0.4 is 5.32 Å². The van der Waals surface area contributed by atoms with E-state index in [-0.39, 0.29) is 22.3 Å². The van der Waals surface area contributed by atoms with E-state index in [0.29, 0.717) is 35.9 Å². The average Bonchev–Trinajstić information content (AvgIpc) is 3.11. The molecule has 186 valence electrons. The third-order valence-electron chi connectivity index (χ3n) is 12.7. The van der Waals surface area contributed by atoms with Gasteiger partial charge in [0.2, 0.25) is 5.91 Å². The molecule has 4 heteroatoms. The Bertz CT molecular complexity index is 918. The van der Waals surface area contributed by atoms with Crippen LogP contribution in [0.5, 0.6) is 0 Å². The minimum absolute atomic E-state index is 0.129. The Morgan fingerprint density at radius 3 is 2.32 bits per heavy atom. The van der Waals surface area contributed by atoms with Crippen molar-refractivity contribution >= 4 is 11.7 Å². The monoisotopic (exact) mass is 464 g/mol. The number of rotatable bonds is 2. The number of piperidine rings is 1. The van der Waals surface area contributed by atoms with Crippen LogP contribution in [0.2, 0.25) is 0 Å². The molecular weight excluding hydrogens is 420 g/mol.